The van der Waals surface area contributed by atoms with E-state index in [1.807, 2.05) is 6.92 Å². The van der Waals surface area contributed by atoms with Crippen LogP contribution in [0.25, 0.3) is 0 Å². The van der Waals surface area contributed by atoms with Crippen LogP contribution in [-0.4, -0.2) is 38.9 Å². The van der Waals surface area contributed by atoms with E-state index in [0.717, 1.165) is 6.42 Å². The highest BCUT2D eigenvalue weighted by atomic mass is 16.5. The van der Waals surface area contributed by atoms with Crippen molar-refractivity contribution in [2.45, 2.75) is 32.4 Å². The van der Waals surface area contributed by atoms with Crippen LogP contribution in [0.4, 0.5) is 0 Å². The molecular weight excluding hydrogens is 170 g/mol. The van der Waals surface area contributed by atoms with Crippen LogP contribution in [0.5, 0.6) is 0 Å². The van der Waals surface area contributed by atoms with Gasteiger partial charge in [0.05, 0.1) is 7.11 Å². The van der Waals surface area contributed by atoms with Crippen LogP contribution in [0.3, 0.4) is 0 Å². The fourth-order valence-electron chi connectivity index (χ4n) is 1.05. The Hall–Kier alpha value is -0.610. The van der Waals surface area contributed by atoms with Crippen molar-refractivity contribution >= 4 is 5.97 Å². The lowest BCUT2D eigenvalue weighted by Crippen LogP contribution is -2.40. The summed E-state index contributed by atoms with van der Waals surface area (Å²) in [5.41, 5.74) is 0. The second-order valence-corrected chi connectivity index (χ2v) is 3.09. The highest BCUT2D eigenvalue weighted by Crippen LogP contribution is 1.94. The number of ether oxygens (including phenoxy) is 2. The molecule has 4 nitrogen and oxygen atoms in total. The minimum Gasteiger partial charge on any atom is -0.468 e. The summed E-state index contributed by atoms with van der Waals surface area (Å²) in [6, 6.07) is 0.00547. The number of carbonyl (C=O) groups excluding carboxylic acids is 1. The van der Waals surface area contributed by atoms with E-state index in [1.165, 1.54) is 7.11 Å². The van der Waals surface area contributed by atoms with Crippen LogP contribution in [-0.2, 0) is 14.3 Å². The summed E-state index contributed by atoms with van der Waals surface area (Å²) in [6.07, 6.45) is 0.887. The smallest absolute Gasteiger partial charge is 0.322 e. The first-order chi connectivity index (χ1) is 6.11. The molecule has 0 bridgehead atoms. The van der Waals surface area contributed by atoms with Crippen molar-refractivity contribution in [1.82, 2.24) is 5.32 Å². The summed E-state index contributed by atoms with van der Waals surface area (Å²) in [5, 5.41) is 3.11. The zero-order chi connectivity index (χ0) is 10.3. The van der Waals surface area contributed by atoms with Gasteiger partial charge in [0.25, 0.3) is 0 Å². The molecule has 0 aliphatic heterocycles. The molecule has 0 aliphatic carbocycles. The molecule has 2 unspecified atom stereocenters. The SMILES string of the molecule is COCCC(C)NC(C)C(=O)OC. The average molecular weight is 189 g/mol. The summed E-state index contributed by atoms with van der Waals surface area (Å²) in [6.45, 7) is 4.50. The predicted octanol–water partition coefficient (Wildman–Crippen LogP) is 0.562. The minimum absolute atomic E-state index is 0.232. The standard InChI is InChI=1S/C9H19NO3/c1-7(5-6-12-3)10-8(2)9(11)13-4/h7-8,10H,5-6H2,1-4H3. The summed E-state index contributed by atoms with van der Waals surface area (Å²) >= 11 is 0. The van der Waals surface area contributed by atoms with E-state index in [2.05, 4.69) is 10.1 Å². The van der Waals surface area contributed by atoms with Crippen LogP contribution in [0.1, 0.15) is 20.3 Å². The monoisotopic (exact) mass is 189 g/mol. The quantitative estimate of drug-likeness (QED) is 0.620. The Labute approximate surface area is 79.6 Å². The molecule has 0 saturated carbocycles. The Balaban J connectivity index is 3.64. The van der Waals surface area contributed by atoms with E-state index in [9.17, 15) is 4.79 Å². The topological polar surface area (TPSA) is 47.6 Å². The third-order valence-electron chi connectivity index (χ3n) is 1.84. The van der Waals surface area contributed by atoms with Crippen LogP contribution < -0.4 is 5.32 Å². The van der Waals surface area contributed by atoms with Gasteiger partial charge in [0.2, 0.25) is 0 Å². The third kappa shape index (κ3) is 5.60. The van der Waals surface area contributed by atoms with E-state index in [0.29, 0.717) is 6.61 Å². The molecule has 0 heterocycles. The van der Waals surface area contributed by atoms with Crippen molar-refractivity contribution in [3.8, 4) is 0 Å². The lowest BCUT2D eigenvalue weighted by Gasteiger charge is -2.17. The van der Waals surface area contributed by atoms with Gasteiger partial charge in [-0.25, -0.2) is 0 Å². The van der Waals surface area contributed by atoms with Gasteiger partial charge in [-0.2, -0.15) is 0 Å². The molecular formula is C9H19NO3. The van der Waals surface area contributed by atoms with E-state index in [1.54, 1.807) is 14.0 Å². The van der Waals surface area contributed by atoms with Gasteiger partial charge >= 0.3 is 5.97 Å². The molecule has 4 heteroatoms. The molecule has 78 valence electrons. The first-order valence-corrected chi connectivity index (χ1v) is 4.44. The molecule has 0 rings (SSSR count). The van der Waals surface area contributed by atoms with Gasteiger partial charge in [0.1, 0.15) is 6.04 Å². The van der Waals surface area contributed by atoms with Crippen molar-refractivity contribution in [1.29, 1.82) is 0 Å². The molecule has 0 aliphatic rings. The molecule has 2 atom stereocenters. The summed E-state index contributed by atoms with van der Waals surface area (Å²) in [7, 11) is 3.05. The largest absolute Gasteiger partial charge is 0.468 e. The molecule has 0 radical (unpaired) electrons. The van der Waals surface area contributed by atoms with E-state index >= 15 is 0 Å². The minimum atomic E-state index is -0.253. The van der Waals surface area contributed by atoms with Crippen molar-refractivity contribution in [2.75, 3.05) is 20.8 Å². The van der Waals surface area contributed by atoms with Gasteiger partial charge in [0, 0.05) is 19.8 Å². The van der Waals surface area contributed by atoms with E-state index in [-0.39, 0.29) is 18.1 Å². The Morgan fingerprint density at radius 1 is 1.38 bits per heavy atom. The predicted molar refractivity (Wildman–Crippen MR) is 50.6 cm³/mol. The Morgan fingerprint density at radius 2 is 2.00 bits per heavy atom. The van der Waals surface area contributed by atoms with Crippen molar-refractivity contribution in [3.63, 3.8) is 0 Å². The second-order valence-electron chi connectivity index (χ2n) is 3.09. The normalized spacial score (nSPS) is 15.1. The van der Waals surface area contributed by atoms with Crippen LogP contribution in [0.15, 0.2) is 0 Å². The Morgan fingerprint density at radius 3 is 2.46 bits per heavy atom. The van der Waals surface area contributed by atoms with Gasteiger partial charge < -0.3 is 14.8 Å². The molecule has 0 aromatic rings. The summed E-state index contributed by atoms with van der Waals surface area (Å²) < 4.78 is 9.51. The fraction of sp³-hybridized carbons (Fsp3) is 0.889. The van der Waals surface area contributed by atoms with Gasteiger partial charge in [0.15, 0.2) is 0 Å². The van der Waals surface area contributed by atoms with Crippen molar-refractivity contribution < 1.29 is 14.3 Å². The van der Waals surface area contributed by atoms with Crippen LogP contribution >= 0.6 is 0 Å². The van der Waals surface area contributed by atoms with E-state index in [4.69, 9.17) is 4.74 Å². The Kier molecular flexibility index (Phi) is 6.54. The number of nitrogens with one attached hydrogen (secondary N) is 1. The highest BCUT2D eigenvalue weighted by molar-refractivity contribution is 5.75. The van der Waals surface area contributed by atoms with Crippen molar-refractivity contribution in [3.05, 3.63) is 0 Å². The zero-order valence-corrected chi connectivity index (χ0v) is 8.79. The zero-order valence-electron chi connectivity index (χ0n) is 8.79. The molecule has 0 amide bonds. The average Bonchev–Trinajstić information content (AvgIpc) is 2.13. The van der Waals surface area contributed by atoms with Gasteiger partial charge in [-0.15, -0.1) is 0 Å². The number of hydrogen-bond acceptors (Lipinski definition) is 4. The summed E-state index contributed by atoms with van der Waals surface area (Å²) in [5.74, 6) is -0.232. The molecule has 0 saturated heterocycles. The number of carbonyl (C=O) groups is 1. The molecule has 13 heavy (non-hydrogen) atoms. The van der Waals surface area contributed by atoms with Gasteiger partial charge in [-0.05, 0) is 20.3 Å². The highest BCUT2D eigenvalue weighted by Gasteiger charge is 2.14. The van der Waals surface area contributed by atoms with Crippen LogP contribution in [0, 0.1) is 0 Å². The molecule has 0 fully saturated rings. The van der Waals surface area contributed by atoms with E-state index < -0.39 is 0 Å². The first-order valence-electron chi connectivity index (χ1n) is 4.44. The molecule has 1 N–H and O–H groups in total. The maximum atomic E-state index is 11.0. The fourth-order valence-corrected chi connectivity index (χ4v) is 1.05. The molecule has 0 spiro atoms. The first kappa shape index (κ1) is 12.4. The van der Waals surface area contributed by atoms with Crippen LogP contribution in [0.2, 0.25) is 0 Å². The summed E-state index contributed by atoms with van der Waals surface area (Å²) in [4.78, 5) is 11.0. The van der Waals surface area contributed by atoms with Gasteiger partial charge in [-0.3, -0.25) is 4.79 Å². The number of esters is 1. The van der Waals surface area contributed by atoms with Crippen molar-refractivity contribution in [2.24, 2.45) is 0 Å². The lowest BCUT2D eigenvalue weighted by atomic mass is 10.2. The molecule has 0 aromatic heterocycles. The lowest BCUT2D eigenvalue weighted by molar-refractivity contribution is -0.142. The Bertz CT molecular complexity index is 150. The number of hydrogen-bond donors (Lipinski definition) is 1. The number of methoxy groups -OCH3 is 2. The van der Waals surface area contributed by atoms with Gasteiger partial charge in [-0.1, -0.05) is 0 Å². The maximum Gasteiger partial charge on any atom is 0.322 e. The molecule has 0 aromatic carbocycles. The second kappa shape index (κ2) is 6.86. The maximum absolute atomic E-state index is 11.0. The third-order valence-corrected chi connectivity index (χ3v) is 1.84. The number of rotatable bonds is 6.